The SMILES string of the molecule is OB(O)c1ccc2c(c1)c1ccccc1n2-c1ccc2c3ccccc3c3ccccc3c2c1. The van der Waals surface area contributed by atoms with Crippen LogP contribution in [0.5, 0.6) is 0 Å². The van der Waals surface area contributed by atoms with Crippen molar-refractivity contribution in [1.29, 1.82) is 0 Å². The fourth-order valence-electron chi connectivity index (χ4n) is 5.46. The molecule has 0 aliphatic heterocycles. The molecule has 2 N–H and O–H groups in total. The average Bonchev–Trinajstić information content (AvgIpc) is 3.22. The molecule has 0 amide bonds. The molecule has 0 radical (unpaired) electrons. The van der Waals surface area contributed by atoms with Gasteiger partial charge in [0.2, 0.25) is 0 Å². The second-order valence-electron chi connectivity index (χ2n) is 8.82. The van der Waals surface area contributed by atoms with Crippen LogP contribution in [0, 0.1) is 0 Å². The van der Waals surface area contributed by atoms with Crippen molar-refractivity contribution in [2.45, 2.75) is 0 Å². The van der Waals surface area contributed by atoms with Crippen molar-refractivity contribution in [1.82, 2.24) is 4.57 Å². The largest absolute Gasteiger partial charge is 0.488 e. The lowest BCUT2D eigenvalue weighted by Crippen LogP contribution is -2.29. The summed E-state index contributed by atoms with van der Waals surface area (Å²) in [5.74, 6) is 0. The van der Waals surface area contributed by atoms with Crippen molar-refractivity contribution >= 4 is 66.7 Å². The Bertz CT molecular complexity index is 1870. The first-order valence-corrected chi connectivity index (χ1v) is 11.4. The number of aromatic nitrogens is 1. The minimum atomic E-state index is -1.49. The summed E-state index contributed by atoms with van der Waals surface area (Å²) in [5, 5.41) is 29.0. The van der Waals surface area contributed by atoms with Gasteiger partial charge in [-0.2, -0.15) is 0 Å². The molecule has 0 aliphatic carbocycles. The molecule has 1 heterocycles. The second-order valence-corrected chi connectivity index (χ2v) is 8.82. The lowest BCUT2D eigenvalue weighted by Gasteiger charge is -2.13. The summed E-state index contributed by atoms with van der Waals surface area (Å²) >= 11 is 0. The van der Waals surface area contributed by atoms with Crippen molar-refractivity contribution in [2.75, 3.05) is 0 Å². The lowest BCUT2D eigenvalue weighted by atomic mass is 9.80. The molecule has 6 aromatic carbocycles. The van der Waals surface area contributed by atoms with E-state index in [9.17, 15) is 10.0 Å². The topological polar surface area (TPSA) is 45.4 Å². The van der Waals surface area contributed by atoms with E-state index in [0.29, 0.717) is 5.46 Å². The maximum absolute atomic E-state index is 9.73. The van der Waals surface area contributed by atoms with E-state index in [1.165, 1.54) is 32.3 Å². The first-order valence-electron chi connectivity index (χ1n) is 11.4. The van der Waals surface area contributed by atoms with Gasteiger partial charge in [0.1, 0.15) is 0 Å². The van der Waals surface area contributed by atoms with Crippen molar-refractivity contribution in [3.8, 4) is 5.69 Å². The Morgan fingerprint density at radius 3 is 1.62 bits per heavy atom. The Balaban J connectivity index is 1.61. The molecule has 7 aromatic rings. The molecular weight excluding hydrogens is 417 g/mol. The summed E-state index contributed by atoms with van der Waals surface area (Å²) in [6, 6.07) is 37.8. The number of hydrogen-bond acceptors (Lipinski definition) is 2. The maximum Gasteiger partial charge on any atom is 0.488 e. The Labute approximate surface area is 196 Å². The Morgan fingerprint density at radius 2 is 0.971 bits per heavy atom. The minimum absolute atomic E-state index is 0.492. The van der Waals surface area contributed by atoms with Gasteiger partial charge in [-0.3, -0.25) is 0 Å². The van der Waals surface area contributed by atoms with Crippen molar-refractivity contribution in [2.24, 2.45) is 0 Å². The van der Waals surface area contributed by atoms with Gasteiger partial charge in [0, 0.05) is 16.5 Å². The third kappa shape index (κ3) is 2.67. The van der Waals surface area contributed by atoms with Gasteiger partial charge in [0.05, 0.1) is 11.0 Å². The zero-order valence-electron chi connectivity index (χ0n) is 18.3. The number of hydrogen-bond donors (Lipinski definition) is 2. The molecule has 0 unspecified atom stereocenters. The molecule has 34 heavy (non-hydrogen) atoms. The van der Waals surface area contributed by atoms with Crippen LogP contribution in [-0.4, -0.2) is 21.7 Å². The van der Waals surface area contributed by atoms with Gasteiger partial charge in [-0.1, -0.05) is 84.9 Å². The third-order valence-corrected chi connectivity index (χ3v) is 6.98. The fourth-order valence-corrected chi connectivity index (χ4v) is 5.46. The smallest absolute Gasteiger partial charge is 0.423 e. The van der Waals surface area contributed by atoms with E-state index < -0.39 is 7.12 Å². The molecule has 0 atom stereocenters. The molecule has 0 saturated heterocycles. The highest BCUT2D eigenvalue weighted by molar-refractivity contribution is 6.59. The number of fused-ring (bicyclic) bond motifs is 9. The number of para-hydroxylation sites is 1. The Kier molecular flexibility index (Phi) is 4.10. The monoisotopic (exact) mass is 437 g/mol. The van der Waals surface area contributed by atoms with Gasteiger partial charge in [0.25, 0.3) is 0 Å². The van der Waals surface area contributed by atoms with Gasteiger partial charge in [0.15, 0.2) is 0 Å². The van der Waals surface area contributed by atoms with Crippen molar-refractivity contribution < 1.29 is 10.0 Å². The normalized spacial score (nSPS) is 11.8. The molecule has 7 rings (SSSR count). The number of benzene rings is 6. The van der Waals surface area contributed by atoms with Crippen molar-refractivity contribution in [3.63, 3.8) is 0 Å². The summed E-state index contributed by atoms with van der Waals surface area (Å²) in [5.41, 5.74) is 3.70. The molecule has 160 valence electrons. The summed E-state index contributed by atoms with van der Waals surface area (Å²) in [6.07, 6.45) is 0. The lowest BCUT2D eigenvalue weighted by molar-refractivity contribution is 0.426. The van der Waals surface area contributed by atoms with Crippen LogP contribution >= 0.6 is 0 Å². The molecule has 0 bridgehead atoms. The van der Waals surface area contributed by atoms with Crippen LogP contribution in [0.4, 0.5) is 0 Å². The van der Waals surface area contributed by atoms with Crippen LogP contribution in [0.25, 0.3) is 59.8 Å². The van der Waals surface area contributed by atoms with Crippen LogP contribution in [-0.2, 0) is 0 Å². The Morgan fingerprint density at radius 1 is 0.441 bits per heavy atom. The van der Waals surface area contributed by atoms with Crippen LogP contribution in [0.15, 0.2) is 109 Å². The molecule has 0 fully saturated rings. The van der Waals surface area contributed by atoms with E-state index in [4.69, 9.17) is 0 Å². The average molecular weight is 437 g/mol. The van der Waals surface area contributed by atoms with Gasteiger partial charge >= 0.3 is 7.12 Å². The van der Waals surface area contributed by atoms with Gasteiger partial charge in [-0.25, -0.2) is 0 Å². The molecule has 0 spiro atoms. The predicted molar refractivity (Wildman–Crippen MR) is 143 cm³/mol. The minimum Gasteiger partial charge on any atom is -0.423 e. The third-order valence-electron chi connectivity index (χ3n) is 6.98. The van der Waals surface area contributed by atoms with E-state index in [2.05, 4.69) is 83.4 Å². The van der Waals surface area contributed by atoms with Gasteiger partial charge in [-0.15, -0.1) is 0 Å². The maximum atomic E-state index is 9.73. The van der Waals surface area contributed by atoms with E-state index in [1.807, 2.05) is 24.3 Å². The van der Waals surface area contributed by atoms with E-state index >= 15 is 0 Å². The first kappa shape index (κ1) is 19.4. The summed E-state index contributed by atoms with van der Waals surface area (Å²) in [6.45, 7) is 0. The van der Waals surface area contributed by atoms with Crippen LogP contribution in [0.2, 0.25) is 0 Å². The van der Waals surface area contributed by atoms with E-state index in [0.717, 1.165) is 27.5 Å². The van der Waals surface area contributed by atoms with Crippen LogP contribution in [0.1, 0.15) is 0 Å². The summed E-state index contributed by atoms with van der Waals surface area (Å²) in [4.78, 5) is 0. The standard InChI is InChI=1S/C30H20BNO2/c33-31(34)19-13-16-30-28(17-19)26-11-5-6-12-29(26)32(30)20-14-15-25-23-9-2-1-7-21(23)22-8-3-4-10-24(22)27(25)18-20/h1-18,33-34H. The molecule has 0 saturated carbocycles. The summed E-state index contributed by atoms with van der Waals surface area (Å²) < 4.78 is 2.27. The molecule has 3 nitrogen and oxygen atoms in total. The van der Waals surface area contributed by atoms with Crippen molar-refractivity contribution in [3.05, 3.63) is 109 Å². The van der Waals surface area contributed by atoms with Gasteiger partial charge in [-0.05, 0) is 62.0 Å². The molecule has 1 aromatic heterocycles. The quantitative estimate of drug-likeness (QED) is 0.260. The van der Waals surface area contributed by atoms with Crippen LogP contribution < -0.4 is 5.46 Å². The number of rotatable bonds is 2. The number of nitrogens with zero attached hydrogens (tertiary/aromatic N) is 1. The zero-order chi connectivity index (χ0) is 22.8. The highest BCUT2D eigenvalue weighted by Crippen LogP contribution is 2.38. The van der Waals surface area contributed by atoms with E-state index in [1.54, 1.807) is 6.07 Å². The van der Waals surface area contributed by atoms with E-state index in [-0.39, 0.29) is 0 Å². The first-order chi connectivity index (χ1) is 16.7. The fraction of sp³-hybridized carbons (Fsp3) is 0. The predicted octanol–water partition coefficient (Wildman–Crippen LogP) is 5.92. The molecule has 0 aliphatic rings. The zero-order valence-corrected chi connectivity index (χ0v) is 18.3. The molecule has 4 heteroatoms. The highest BCUT2D eigenvalue weighted by atomic mass is 16.4. The highest BCUT2D eigenvalue weighted by Gasteiger charge is 2.17. The Hall–Kier alpha value is -4.12. The van der Waals surface area contributed by atoms with Gasteiger partial charge < -0.3 is 14.6 Å². The van der Waals surface area contributed by atoms with Crippen LogP contribution in [0.3, 0.4) is 0 Å². The summed E-state index contributed by atoms with van der Waals surface area (Å²) in [7, 11) is -1.49. The molecular formula is C30H20BNO2. The second kappa shape index (κ2) is 7.19.